The molecule has 1 aromatic carbocycles. The van der Waals surface area contributed by atoms with Crippen molar-refractivity contribution in [1.82, 2.24) is 9.78 Å². The van der Waals surface area contributed by atoms with Gasteiger partial charge in [-0.25, -0.2) is 13.2 Å². The molecule has 1 aromatic heterocycles. The van der Waals surface area contributed by atoms with E-state index < -0.39 is 21.6 Å². The molecule has 0 atom stereocenters. The maximum Gasteiger partial charge on any atom is 0.339 e. The van der Waals surface area contributed by atoms with Crippen LogP contribution in [0.4, 0.5) is 0 Å². The summed E-state index contributed by atoms with van der Waals surface area (Å²) in [7, 11) is -2.09. The number of rotatable bonds is 4. The third-order valence-corrected chi connectivity index (χ3v) is 4.83. The second-order valence-electron chi connectivity index (χ2n) is 4.46. The quantitative estimate of drug-likeness (QED) is 0.920. The lowest BCUT2D eigenvalue weighted by molar-refractivity contribution is 0.0696. The van der Waals surface area contributed by atoms with Gasteiger partial charge in [0.2, 0.25) is 0 Å². The van der Waals surface area contributed by atoms with Crippen molar-refractivity contribution in [2.75, 3.05) is 0 Å². The Kier molecular flexibility index (Phi) is 3.63. The van der Waals surface area contributed by atoms with Crippen molar-refractivity contribution in [1.29, 1.82) is 0 Å². The summed E-state index contributed by atoms with van der Waals surface area (Å²) in [5.74, 6) is -1.58. The first-order valence-corrected chi connectivity index (χ1v) is 7.50. The molecule has 0 saturated carbocycles. The molecule has 0 aliphatic carbocycles. The zero-order valence-electron chi connectivity index (χ0n) is 11.1. The normalized spacial score (nSPS) is 11.5. The number of aromatic nitrogens is 2. The topological polar surface area (TPSA) is 89.3 Å². The van der Waals surface area contributed by atoms with Crippen LogP contribution in [-0.4, -0.2) is 29.3 Å². The van der Waals surface area contributed by atoms with E-state index in [1.807, 2.05) is 0 Å². The van der Waals surface area contributed by atoms with Gasteiger partial charge in [0.15, 0.2) is 9.84 Å². The second kappa shape index (κ2) is 5.09. The first kappa shape index (κ1) is 14.3. The van der Waals surface area contributed by atoms with E-state index in [0.29, 0.717) is 5.56 Å². The van der Waals surface area contributed by atoms with Crippen LogP contribution in [-0.2, 0) is 22.6 Å². The van der Waals surface area contributed by atoms with Gasteiger partial charge >= 0.3 is 5.97 Å². The van der Waals surface area contributed by atoms with E-state index in [1.54, 1.807) is 25.1 Å². The fraction of sp³-hybridized carbons (Fsp3) is 0.231. The molecular formula is C13H14N2O4S. The third-order valence-electron chi connectivity index (χ3n) is 3.05. The maximum atomic E-state index is 12.4. The van der Waals surface area contributed by atoms with Crippen LogP contribution in [0, 0.1) is 6.92 Å². The minimum Gasteiger partial charge on any atom is -0.478 e. The summed E-state index contributed by atoms with van der Waals surface area (Å²) in [6.45, 7) is 1.70. The lowest BCUT2D eigenvalue weighted by Gasteiger charge is -2.08. The first-order valence-electron chi connectivity index (χ1n) is 5.85. The van der Waals surface area contributed by atoms with Crippen molar-refractivity contribution in [3.63, 3.8) is 0 Å². The Morgan fingerprint density at radius 1 is 1.35 bits per heavy atom. The monoisotopic (exact) mass is 294 g/mol. The molecule has 2 rings (SSSR count). The summed E-state index contributed by atoms with van der Waals surface area (Å²) in [4.78, 5) is 11.3. The van der Waals surface area contributed by atoms with Gasteiger partial charge in [-0.15, -0.1) is 0 Å². The van der Waals surface area contributed by atoms with E-state index in [9.17, 15) is 13.2 Å². The number of carbonyl (C=O) groups is 1. The van der Waals surface area contributed by atoms with Gasteiger partial charge in [-0.2, -0.15) is 5.10 Å². The number of carboxylic acids is 1. The molecule has 6 nitrogen and oxygen atoms in total. The standard InChI is InChI=1S/C13H14N2O4S/c1-9-5-3-4-6-12(9)20(18,19)8-11-10(13(16)17)7-14-15(11)2/h3-7H,8H2,1-2H3,(H,16,17). The summed E-state index contributed by atoms with van der Waals surface area (Å²) < 4.78 is 26.1. The summed E-state index contributed by atoms with van der Waals surface area (Å²) in [5, 5.41) is 12.9. The lowest BCUT2D eigenvalue weighted by Crippen LogP contribution is -2.13. The molecule has 20 heavy (non-hydrogen) atoms. The number of aryl methyl sites for hydroxylation is 2. The van der Waals surface area contributed by atoms with Gasteiger partial charge in [0.05, 0.1) is 22.5 Å². The fourth-order valence-electron chi connectivity index (χ4n) is 1.98. The van der Waals surface area contributed by atoms with Gasteiger partial charge in [-0.3, -0.25) is 4.68 Å². The fourth-order valence-corrected chi connectivity index (χ4v) is 3.68. The Hall–Kier alpha value is -2.15. The van der Waals surface area contributed by atoms with Gasteiger partial charge in [-0.1, -0.05) is 18.2 Å². The highest BCUT2D eigenvalue weighted by molar-refractivity contribution is 7.90. The molecule has 0 spiro atoms. The van der Waals surface area contributed by atoms with E-state index in [2.05, 4.69) is 5.10 Å². The number of sulfone groups is 1. The zero-order chi connectivity index (χ0) is 14.9. The molecule has 0 amide bonds. The molecule has 0 bridgehead atoms. The summed E-state index contributed by atoms with van der Waals surface area (Å²) in [6, 6.07) is 6.61. The van der Waals surface area contributed by atoms with Crippen LogP contribution in [0.5, 0.6) is 0 Å². The number of hydrogen-bond donors (Lipinski definition) is 1. The van der Waals surface area contributed by atoms with Gasteiger partial charge < -0.3 is 5.11 Å². The van der Waals surface area contributed by atoms with Gasteiger partial charge in [0.25, 0.3) is 0 Å². The predicted octanol–water partition coefficient (Wildman–Crippen LogP) is 1.40. The molecule has 1 N–H and O–H groups in total. The van der Waals surface area contributed by atoms with E-state index in [4.69, 9.17) is 5.11 Å². The van der Waals surface area contributed by atoms with E-state index >= 15 is 0 Å². The molecule has 0 saturated heterocycles. The van der Waals surface area contributed by atoms with Crippen LogP contribution in [0.25, 0.3) is 0 Å². The Morgan fingerprint density at radius 3 is 2.60 bits per heavy atom. The molecule has 0 aliphatic rings. The molecular weight excluding hydrogens is 280 g/mol. The maximum absolute atomic E-state index is 12.4. The second-order valence-corrected chi connectivity index (χ2v) is 6.42. The molecule has 0 fully saturated rings. The van der Waals surface area contributed by atoms with E-state index in [1.165, 1.54) is 17.8 Å². The third kappa shape index (κ3) is 2.57. The van der Waals surface area contributed by atoms with Crippen molar-refractivity contribution >= 4 is 15.8 Å². The number of benzene rings is 1. The highest BCUT2D eigenvalue weighted by Crippen LogP contribution is 2.21. The number of aromatic carboxylic acids is 1. The molecule has 7 heteroatoms. The van der Waals surface area contributed by atoms with Crippen molar-refractivity contribution < 1.29 is 18.3 Å². The SMILES string of the molecule is Cc1ccccc1S(=O)(=O)Cc1c(C(=O)O)cnn1C. The van der Waals surface area contributed by atoms with Crippen LogP contribution in [0.2, 0.25) is 0 Å². The molecule has 0 aliphatic heterocycles. The first-order chi connectivity index (χ1) is 9.33. The molecule has 1 heterocycles. The van der Waals surface area contributed by atoms with Crippen LogP contribution in [0.3, 0.4) is 0 Å². The van der Waals surface area contributed by atoms with Gasteiger partial charge in [0, 0.05) is 7.05 Å². The van der Waals surface area contributed by atoms with Crippen molar-refractivity contribution in [2.24, 2.45) is 7.05 Å². The predicted molar refractivity (Wildman–Crippen MR) is 72.2 cm³/mol. The minimum atomic E-state index is -3.62. The summed E-state index contributed by atoms with van der Waals surface area (Å²) >= 11 is 0. The number of carboxylic acid groups (broad SMARTS) is 1. The van der Waals surface area contributed by atoms with Gasteiger partial charge in [0.1, 0.15) is 5.56 Å². The Balaban J connectivity index is 2.47. The largest absolute Gasteiger partial charge is 0.478 e. The Bertz CT molecular complexity index is 762. The van der Waals surface area contributed by atoms with E-state index in [-0.39, 0.29) is 16.2 Å². The van der Waals surface area contributed by atoms with Crippen molar-refractivity contribution in [3.05, 3.63) is 47.3 Å². The number of hydrogen-bond acceptors (Lipinski definition) is 4. The van der Waals surface area contributed by atoms with Crippen LogP contribution in [0.15, 0.2) is 35.4 Å². The molecule has 106 valence electrons. The van der Waals surface area contributed by atoms with Crippen LogP contribution in [0.1, 0.15) is 21.6 Å². The van der Waals surface area contributed by atoms with Crippen molar-refractivity contribution in [3.8, 4) is 0 Å². The molecule has 0 radical (unpaired) electrons. The Labute approximate surface area is 116 Å². The summed E-state index contributed by atoms with van der Waals surface area (Å²) in [6.07, 6.45) is 1.16. The van der Waals surface area contributed by atoms with Crippen molar-refractivity contribution in [2.45, 2.75) is 17.6 Å². The molecule has 2 aromatic rings. The summed E-state index contributed by atoms with van der Waals surface area (Å²) in [5.41, 5.74) is 0.706. The van der Waals surface area contributed by atoms with E-state index in [0.717, 1.165) is 6.20 Å². The highest BCUT2D eigenvalue weighted by Gasteiger charge is 2.24. The smallest absolute Gasteiger partial charge is 0.339 e. The lowest BCUT2D eigenvalue weighted by atomic mass is 10.2. The Morgan fingerprint density at radius 2 is 2.00 bits per heavy atom. The van der Waals surface area contributed by atoms with Crippen LogP contribution >= 0.6 is 0 Å². The van der Waals surface area contributed by atoms with Gasteiger partial charge in [-0.05, 0) is 18.6 Å². The highest BCUT2D eigenvalue weighted by atomic mass is 32.2. The zero-order valence-corrected chi connectivity index (χ0v) is 11.9. The molecule has 0 unspecified atom stereocenters. The minimum absolute atomic E-state index is 0.0929. The average molecular weight is 294 g/mol. The van der Waals surface area contributed by atoms with Crippen LogP contribution < -0.4 is 0 Å². The average Bonchev–Trinajstić information content (AvgIpc) is 2.71. The number of nitrogens with zero attached hydrogens (tertiary/aromatic N) is 2.